The summed E-state index contributed by atoms with van der Waals surface area (Å²) < 4.78 is 35.2. The Morgan fingerprint density at radius 3 is 2.20 bits per heavy atom. The number of anilines is 1. The van der Waals surface area contributed by atoms with Gasteiger partial charge in [-0.25, -0.2) is 4.39 Å². The third-order valence-corrected chi connectivity index (χ3v) is 6.08. The highest BCUT2D eigenvalue weighted by Crippen LogP contribution is 2.42. The van der Waals surface area contributed by atoms with Crippen LogP contribution in [0.15, 0.2) is 76.4 Å². The minimum atomic E-state index is -0.700. The molecule has 4 aromatic rings. The fraction of sp³-hybridized carbons (Fsp3) is 0.160. The first-order valence-electron chi connectivity index (χ1n) is 10.4. The number of hydrogen-bond donors (Lipinski definition) is 1. The van der Waals surface area contributed by atoms with E-state index in [9.17, 15) is 9.18 Å². The number of rotatable bonds is 9. The highest BCUT2D eigenvalue weighted by molar-refractivity contribution is 8.00. The summed E-state index contributed by atoms with van der Waals surface area (Å²) in [5.41, 5.74) is 1.78. The van der Waals surface area contributed by atoms with Crippen molar-refractivity contribution >= 4 is 23.4 Å². The summed E-state index contributed by atoms with van der Waals surface area (Å²) in [6, 6.07) is 18.1. The number of benzene rings is 3. The number of methoxy groups -OCH3 is 3. The fourth-order valence-electron chi connectivity index (χ4n) is 3.32. The molecule has 0 saturated carbocycles. The summed E-state index contributed by atoms with van der Waals surface area (Å²) in [6.45, 7) is 0. The Balaban J connectivity index is 1.61. The van der Waals surface area contributed by atoms with Crippen LogP contribution in [0, 0.1) is 5.82 Å². The second-order valence-corrected chi connectivity index (χ2v) is 8.25. The molecule has 0 spiro atoms. The van der Waals surface area contributed by atoms with Crippen LogP contribution in [-0.4, -0.2) is 37.4 Å². The SMILES string of the molecule is COc1cc(-c2nnc(SC(C(=O)Nc3ccc(F)cc3)c3ccccc3)o2)cc(OC)c1OC. The van der Waals surface area contributed by atoms with Crippen LogP contribution in [0.1, 0.15) is 10.8 Å². The van der Waals surface area contributed by atoms with Crippen molar-refractivity contribution in [3.63, 3.8) is 0 Å². The molecular formula is C25H22FN3O5S. The average molecular weight is 496 g/mol. The van der Waals surface area contributed by atoms with Gasteiger partial charge in [0.2, 0.25) is 17.5 Å². The number of thioether (sulfide) groups is 1. The first-order valence-corrected chi connectivity index (χ1v) is 11.3. The van der Waals surface area contributed by atoms with E-state index in [0.29, 0.717) is 28.5 Å². The molecule has 1 amide bonds. The minimum Gasteiger partial charge on any atom is -0.493 e. The minimum absolute atomic E-state index is 0.192. The zero-order valence-electron chi connectivity index (χ0n) is 19.2. The van der Waals surface area contributed by atoms with Gasteiger partial charge in [0.25, 0.3) is 5.22 Å². The van der Waals surface area contributed by atoms with Gasteiger partial charge in [-0.3, -0.25) is 4.79 Å². The number of hydrogen-bond acceptors (Lipinski definition) is 8. The number of carbonyl (C=O) groups is 1. The fourth-order valence-corrected chi connectivity index (χ4v) is 4.20. The molecule has 0 saturated heterocycles. The summed E-state index contributed by atoms with van der Waals surface area (Å²) in [5.74, 6) is 0.833. The van der Waals surface area contributed by atoms with E-state index < -0.39 is 5.25 Å². The van der Waals surface area contributed by atoms with Gasteiger partial charge in [-0.1, -0.05) is 30.3 Å². The predicted octanol–water partition coefficient (Wildman–Crippen LogP) is 5.37. The van der Waals surface area contributed by atoms with Crippen LogP contribution < -0.4 is 19.5 Å². The molecule has 4 rings (SSSR count). The number of aromatic nitrogens is 2. The van der Waals surface area contributed by atoms with E-state index in [-0.39, 0.29) is 22.8 Å². The Bertz CT molecular complexity index is 1270. The van der Waals surface area contributed by atoms with Crippen molar-refractivity contribution in [2.75, 3.05) is 26.6 Å². The van der Waals surface area contributed by atoms with Crippen molar-refractivity contribution in [2.45, 2.75) is 10.5 Å². The number of ether oxygens (including phenoxy) is 3. The highest BCUT2D eigenvalue weighted by Gasteiger charge is 2.26. The molecule has 3 aromatic carbocycles. The third-order valence-electron chi connectivity index (χ3n) is 4.99. The Morgan fingerprint density at radius 1 is 0.943 bits per heavy atom. The lowest BCUT2D eigenvalue weighted by atomic mass is 10.1. The van der Waals surface area contributed by atoms with Crippen LogP contribution in [-0.2, 0) is 4.79 Å². The molecular weight excluding hydrogens is 473 g/mol. The van der Waals surface area contributed by atoms with E-state index in [1.54, 1.807) is 12.1 Å². The highest BCUT2D eigenvalue weighted by atomic mass is 32.2. The zero-order chi connectivity index (χ0) is 24.8. The second-order valence-electron chi connectivity index (χ2n) is 7.19. The lowest BCUT2D eigenvalue weighted by molar-refractivity contribution is -0.115. The van der Waals surface area contributed by atoms with Crippen molar-refractivity contribution in [1.29, 1.82) is 0 Å². The standard InChI is InChI=1S/C25H22FN3O5S/c1-31-19-13-16(14-20(32-2)21(19)33-3)24-28-29-25(34-24)35-22(15-7-5-4-6-8-15)23(30)27-18-11-9-17(26)10-12-18/h4-14,22H,1-3H3,(H,27,30). The number of carbonyl (C=O) groups excluding carboxylic acids is 1. The van der Waals surface area contributed by atoms with E-state index in [0.717, 1.165) is 17.3 Å². The Labute approximate surface area is 205 Å². The number of nitrogens with one attached hydrogen (secondary N) is 1. The second kappa shape index (κ2) is 10.9. The maximum absolute atomic E-state index is 13.2. The summed E-state index contributed by atoms with van der Waals surface area (Å²) in [7, 11) is 4.54. The van der Waals surface area contributed by atoms with E-state index in [2.05, 4.69) is 15.5 Å². The summed E-state index contributed by atoms with van der Waals surface area (Å²) >= 11 is 1.10. The van der Waals surface area contributed by atoms with Gasteiger partial charge in [0.05, 0.1) is 21.3 Å². The predicted molar refractivity (Wildman–Crippen MR) is 129 cm³/mol. The van der Waals surface area contributed by atoms with E-state index in [4.69, 9.17) is 18.6 Å². The molecule has 0 aliphatic rings. The molecule has 1 unspecified atom stereocenters. The zero-order valence-corrected chi connectivity index (χ0v) is 20.0. The molecule has 1 atom stereocenters. The van der Waals surface area contributed by atoms with Crippen LogP contribution in [0.25, 0.3) is 11.5 Å². The molecule has 0 fully saturated rings. The van der Waals surface area contributed by atoms with Gasteiger partial charge in [0.15, 0.2) is 11.5 Å². The monoisotopic (exact) mass is 495 g/mol. The van der Waals surface area contributed by atoms with Crippen LogP contribution >= 0.6 is 11.8 Å². The quantitative estimate of drug-likeness (QED) is 0.310. The topological polar surface area (TPSA) is 95.7 Å². The number of halogens is 1. The first kappa shape index (κ1) is 24.1. The van der Waals surface area contributed by atoms with Crippen molar-refractivity contribution in [1.82, 2.24) is 10.2 Å². The lowest BCUT2D eigenvalue weighted by Gasteiger charge is -2.15. The molecule has 8 nitrogen and oxygen atoms in total. The van der Waals surface area contributed by atoms with Gasteiger partial charge in [-0.15, -0.1) is 10.2 Å². The number of amides is 1. The Morgan fingerprint density at radius 2 is 1.60 bits per heavy atom. The number of nitrogens with zero attached hydrogens (tertiary/aromatic N) is 2. The molecule has 10 heteroatoms. The maximum Gasteiger partial charge on any atom is 0.277 e. The average Bonchev–Trinajstić information content (AvgIpc) is 3.37. The Kier molecular flexibility index (Phi) is 7.51. The van der Waals surface area contributed by atoms with E-state index in [1.807, 2.05) is 30.3 Å². The Hall–Kier alpha value is -4.05. The first-order chi connectivity index (χ1) is 17.0. The summed E-state index contributed by atoms with van der Waals surface area (Å²) in [5, 5.41) is 10.5. The van der Waals surface area contributed by atoms with Gasteiger partial charge < -0.3 is 23.9 Å². The molecule has 1 heterocycles. The van der Waals surface area contributed by atoms with Crippen molar-refractivity contribution in [2.24, 2.45) is 0 Å². The molecule has 0 radical (unpaired) electrons. The smallest absolute Gasteiger partial charge is 0.277 e. The molecule has 180 valence electrons. The molecule has 0 aliphatic heterocycles. The van der Waals surface area contributed by atoms with E-state index >= 15 is 0 Å². The molecule has 0 aliphatic carbocycles. The summed E-state index contributed by atoms with van der Waals surface area (Å²) in [6.07, 6.45) is 0. The molecule has 1 aromatic heterocycles. The van der Waals surface area contributed by atoms with Crippen LogP contribution in [0.3, 0.4) is 0 Å². The maximum atomic E-state index is 13.2. The largest absolute Gasteiger partial charge is 0.493 e. The lowest BCUT2D eigenvalue weighted by Crippen LogP contribution is -2.19. The molecule has 1 N–H and O–H groups in total. The van der Waals surface area contributed by atoms with Crippen molar-refractivity contribution in [3.8, 4) is 28.7 Å². The van der Waals surface area contributed by atoms with Crippen molar-refractivity contribution in [3.05, 3.63) is 78.1 Å². The summed E-state index contributed by atoms with van der Waals surface area (Å²) in [4.78, 5) is 13.2. The normalized spacial score (nSPS) is 11.5. The van der Waals surface area contributed by atoms with Gasteiger partial charge in [0.1, 0.15) is 11.1 Å². The third kappa shape index (κ3) is 5.55. The van der Waals surface area contributed by atoms with E-state index in [1.165, 1.54) is 45.6 Å². The van der Waals surface area contributed by atoms with Gasteiger partial charge in [-0.2, -0.15) is 0 Å². The molecule has 35 heavy (non-hydrogen) atoms. The van der Waals surface area contributed by atoms with Gasteiger partial charge in [-0.05, 0) is 53.7 Å². The van der Waals surface area contributed by atoms with Crippen LogP contribution in [0.4, 0.5) is 10.1 Å². The van der Waals surface area contributed by atoms with Crippen molar-refractivity contribution < 1.29 is 27.8 Å². The molecule has 0 bridgehead atoms. The van der Waals surface area contributed by atoms with Gasteiger partial charge >= 0.3 is 0 Å². The van der Waals surface area contributed by atoms with Crippen LogP contribution in [0.5, 0.6) is 17.2 Å². The van der Waals surface area contributed by atoms with Gasteiger partial charge in [0, 0.05) is 11.3 Å². The van der Waals surface area contributed by atoms with Crippen LogP contribution in [0.2, 0.25) is 0 Å².